The van der Waals surface area contributed by atoms with Crippen molar-refractivity contribution < 1.29 is 13.2 Å². The average molecular weight is 259 g/mol. The van der Waals surface area contributed by atoms with Crippen molar-refractivity contribution in [2.45, 2.75) is 39.7 Å². The summed E-state index contributed by atoms with van der Waals surface area (Å²) in [6.45, 7) is 6.63. The maximum Gasteiger partial charge on any atom is 0.133 e. The van der Waals surface area contributed by atoms with Gasteiger partial charge in [-0.15, -0.1) is 0 Å². The molecule has 0 aliphatic rings. The van der Waals surface area contributed by atoms with Crippen LogP contribution in [0.25, 0.3) is 0 Å². The van der Waals surface area contributed by atoms with Gasteiger partial charge in [-0.25, -0.2) is 13.2 Å². The number of benzene rings is 1. The van der Waals surface area contributed by atoms with Gasteiger partial charge in [-0.05, 0) is 25.3 Å². The van der Waals surface area contributed by atoms with Crippen LogP contribution in [0.4, 0.5) is 13.2 Å². The van der Waals surface area contributed by atoms with Gasteiger partial charge in [-0.3, -0.25) is 0 Å². The molecule has 1 N–H and O–H groups in total. The fourth-order valence-electron chi connectivity index (χ4n) is 1.98. The van der Waals surface area contributed by atoms with E-state index < -0.39 is 23.5 Å². The summed E-state index contributed by atoms with van der Waals surface area (Å²) in [7, 11) is 0. The van der Waals surface area contributed by atoms with Crippen LogP contribution in [0.5, 0.6) is 0 Å². The molecule has 1 aromatic rings. The summed E-state index contributed by atoms with van der Waals surface area (Å²) in [6, 6.07) is 1.06. The van der Waals surface area contributed by atoms with Gasteiger partial charge in [0.05, 0.1) is 0 Å². The van der Waals surface area contributed by atoms with Crippen molar-refractivity contribution in [1.29, 1.82) is 0 Å². The Morgan fingerprint density at radius 2 is 1.67 bits per heavy atom. The molecule has 0 radical (unpaired) electrons. The zero-order chi connectivity index (χ0) is 13.7. The van der Waals surface area contributed by atoms with E-state index in [1.54, 1.807) is 0 Å². The SMILES string of the molecule is CCCNC(CC(C)C)c1c(F)cc(F)cc1F. The van der Waals surface area contributed by atoms with Crippen LogP contribution in [0, 0.1) is 23.4 Å². The first kappa shape index (κ1) is 15.0. The second-order valence-corrected chi connectivity index (χ2v) is 4.92. The van der Waals surface area contributed by atoms with Gasteiger partial charge in [0, 0.05) is 23.7 Å². The van der Waals surface area contributed by atoms with E-state index in [-0.39, 0.29) is 5.56 Å². The fourth-order valence-corrected chi connectivity index (χ4v) is 1.98. The van der Waals surface area contributed by atoms with E-state index >= 15 is 0 Å². The smallest absolute Gasteiger partial charge is 0.133 e. The molecule has 0 aliphatic carbocycles. The Hall–Kier alpha value is -1.03. The molecule has 0 amide bonds. The normalized spacial score (nSPS) is 13.1. The molecule has 0 aliphatic heterocycles. The fraction of sp³-hybridized carbons (Fsp3) is 0.571. The van der Waals surface area contributed by atoms with Crippen LogP contribution < -0.4 is 5.32 Å². The van der Waals surface area contributed by atoms with Crippen LogP contribution in [-0.2, 0) is 0 Å². The Balaban J connectivity index is 3.03. The molecule has 0 saturated carbocycles. The Kier molecular flexibility index (Phi) is 5.66. The lowest BCUT2D eigenvalue weighted by Crippen LogP contribution is -2.25. The van der Waals surface area contributed by atoms with Crippen LogP contribution in [-0.4, -0.2) is 6.54 Å². The molecule has 18 heavy (non-hydrogen) atoms. The first-order valence-corrected chi connectivity index (χ1v) is 6.33. The summed E-state index contributed by atoms with van der Waals surface area (Å²) in [5, 5.41) is 3.12. The van der Waals surface area contributed by atoms with Crippen molar-refractivity contribution in [1.82, 2.24) is 5.32 Å². The molecular weight excluding hydrogens is 239 g/mol. The van der Waals surface area contributed by atoms with Crippen LogP contribution >= 0.6 is 0 Å². The Morgan fingerprint density at radius 1 is 1.11 bits per heavy atom. The van der Waals surface area contributed by atoms with Crippen LogP contribution in [0.2, 0.25) is 0 Å². The Labute approximate surface area is 106 Å². The standard InChI is InChI=1S/C14H20F3N/c1-4-5-18-13(6-9(2)3)14-11(16)7-10(15)8-12(14)17/h7-9,13,18H,4-6H2,1-3H3. The third kappa shape index (κ3) is 4.02. The van der Waals surface area contributed by atoms with Gasteiger partial charge in [0.15, 0.2) is 0 Å². The van der Waals surface area contributed by atoms with Crippen molar-refractivity contribution in [3.8, 4) is 0 Å². The summed E-state index contributed by atoms with van der Waals surface area (Å²) < 4.78 is 40.3. The van der Waals surface area contributed by atoms with Crippen molar-refractivity contribution in [3.63, 3.8) is 0 Å². The third-order valence-corrected chi connectivity index (χ3v) is 2.74. The molecule has 0 fully saturated rings. The van der Waals surface area contributed by atoms with Gasteiger partial charge >= 0.3 is 0 Å². The number of hydrogen-bond donors (Lipinski definition) is 1. The minimum absolute atomic E-state index is 0.0569. The van der Waals surface area contributed by atoms with E-state index in [4.69, 9.17) is 0 Å². The maximum atomic E-state index is 13.7. The average Bonchev–Trinajstić information content (AvgIpc) is 2.23. The molecule has 0 heterocycles. The number of halogens is 3. The predicted octanol–water partition coefficient (Wildman–Crippen LogP) is 4.19. The van der Waals surface area contributed by atoms with E-state index in [2.05, 4.69) is 5.32 Å². The first-order valence-electron chi connectivity index (χ1n) is 6.33. The van der Waals surface area contributed by atoms with E-state index in [1.807, 2.05) is 20.8 Å². The predicted molar refractivity (Wildman–Crippen MR) is 66.8 cm³/mol. The molecular formula is C14H20F3N. The zero-order valence-corrected chi connectivity index (χ0v) is 11.1. The first-order chi connectivity index (χ1) is 8.45. The third-order valence-electron chi connectivity index (χ3n) is 2.74. The lowest BCUT2D eigenvalue weighted by Gasteiger charge is -2.22. The lowest BCUT2D eigenvalue weighted by molar-refractivity contribution is 0.397. The molecule has 0 bridgehead atoms. The largest absolute Gasteiger partial charge is 0.310 e. The van der Waals surface area contributed by atoms with Gasteiger partial charge in [-0.1, -0.05) is 20.8 Å². The van der Waals surface area contributed by atoms with Gasteiger partial charge in [-0.2, -0.15) is 0 Å². The van der Waals surface area contributed by atoms with Gasteiger partial charge in [0.1, 0.15) is 17.5 Å². The molecule has 0 spiro atoms. The highest BCUT2D eigenvalue weighted by molar-refractivity contribution is 5.24. The molecule has 1 rings (SSSR count). The van der Waals surface area contributed by atoms with Gasteiger partial charge in [0.2, 0.25) is 0 Å². The maximum absolute atomic E-state index is 13.7. The molecule has 0 aromatic heterocycles. The van der Waals surface area contributed by atoms with E-state index in [0.717, 1.165) is 18.6 Å². The van der Waals surface area contributed by atoms with Gasteiger partial charge in [0.25, 0.3) is 0 Å². The van der Waals surface area contributed by atoms with Crippen LogP contribution in [0.3, 0.4) is 0 Å². The summed E-state index contributed by atoms with van der Waals surface area (Å²) in [5.41, 5.74) is -0.0569. The number of hydrogen-bond acceptors (Lipinski definition) is 1. The Bertz CT molecular complexity index is 368. The van der Waals surface area contributed by atoms with Crippen molar-refractivity contribution >= 4 is 0 Å². The van der Waals surface area contributed by atoms with Crippen molar-refractivity contribution in [3.05, 3.63) is 35.1 Å². The van der Waals surface area contributed by atoms with E-state index in [0.29, 0.717) is 18.9 Å². The second kappa shape index (κ2) is 6.78. The number of rotatable bonds is 6. The molecule has 0 saturated heterocycles. The van der Waals surface area contributed by atoms with Crippen LogP contribution in [0.15, 0.2) is 12.1 Å². The molecule has 1 unspecified atom stereocenters. The monoisotopic (exact) mass is 259 g/mol. The number of nitrogens with one attached hydrogen (secondary N) is 1. The minimum Gasteiger partial charge on any atom is -0.310 e. The zero-order valence-electron chi connectivity index (χ0n) is 11.1. The highest BCUT2D eigenvalue weighted by Gasteiger charge is 2.21. The highest BCUT2D eigenvalue weighted by atomic mass is 19.1. The minimum atomic E-state index is -0.882. The molecule has 1 aromatic carbocycles. The lowest BCUT2D eigenvalue weighted by atomic mass is 9.96. The van der Waals surface area contributed by atoms with Crippen molar-refractivity contribution in [2.75, 3.05) is 6.54 Å². The second-order valence-electron chi connectivity index (χ2n) is 4.92. The highest BCUT2D eigenvalue weighted by Crippen LogP contribution is 2.27. The summed E-state index contributed by atoms with van der Waals surface area (Å²) in [4.78, 5) is 0. The Morgan fingerprint density at radius 3 is 2.11 bits per heavy atom. The summed E-state index contributed by atoms with van der Waals surface area (Å²) >= 11 is 0. The molecule has 4 heteroatoms. The van der Waals surface area contributed by atoms with E-state index in [1.165, 1.54) is 0 Å². The van der Waals surface area contributed by atoms with Gasteiger partial charge < -0.3 is 5.32 Å². The van der Waals surface area contributed by atoms with Crippen molar-refractivity contribution in [2.24, 2.45) is 5.92 Å². The van der Waals surface area contributed by atoms with Crippen LogP contribution in [0.1, 0.15) is 45.2 Å². The molecule has 1 atom stereocenters. The molecule has 1 nitrogen and oxygen atoms in total. The topological polar surface area (TPSA) is 12.0 Å². The van der Waals surface area contributed by atoms with E-state index in [9.17, 15) is 13.2 Å². The molecule has 102 valence electrons. The quantitative estimate of drug-likeness (QED) is 0.807. The summed E-state index contributed by atoms with van der Waals surface area (Å²) in [6.07, 6.45) is 1.48. The summed E-state index contributed by atoms with van der Waals surface area (Å²) in [5.74, 6) is -2.22.